The summed E-state index contributed by atoms with van der Waals surface area (Å²) in [4.78, 5) is 26.4. The van der Waals surface area contributed by atoms with E-state index in [1.54, 1.807) is 4.90 Å². The molecule has 202 valence electrons. The highest BCUT2D eigenvalue weighted by Gasteiger charge is 2.35. The van der Waals surface area contributed by atoms with E-state index in [1.165, 1.54) is 24.1 Å². The quantitative estimate of drug-likeness (QED) is 0.519. The molecule has 9 nitrogen and oxygen atoms in total. The third-order valence-electron chi connectivity index (χ3n) is 7.96. The van der Waals surface area contributed by atoms with Gasteiger partial charge in [-0.05, 0) is 76.6 Å². The van der Waals surface area contributed by atoms with Crippen LogP contribution in [0, 0.1) is 5.92 Å². The van der Waals surface area contributed by atoms with Crippen molar-refractivity contribution in [3.05, 3.63) is 41.9 Å². The third kappa shape index (κ3) is 5.40. The summed E-state index contributed by atoms with van der Waals surface area (Å²) in [5, 5.41) is 5.02. The van der Waals surface area contributed by atoms with Gasteiger partial charge in [-0.3, -0.25) is 14.6 Å². The van der Waals surface area contributed by atoms with E-state index in [0.717, 1.165) is 61.3 Å². The van der Waals surface area contributed by atoms with Crippen LogP contribution in [0.25, 0.3) is 22.3 Å². The Labute approximate surface area is 224 Å². The highest BCUT2D eigenvalue weighted by atomic mass is 16.6. The van der Waals surface area contributed by atoms with Gasteiger partial charge in [-0.15, -0.1) is 0 Å². The van der Waals surface area contributed by atoms with Crippen LogP contribution in [0.15, 0.2) is 30.6 Å². The SMILES string of the molecule is CC(C)(C)OC(=O)N1CCN(Cc2ccc3ncc(-c4cn(C5CC(CN)C5)nc4C4CC4)nc3c2)CC1. The van der Waals surface area contributed by atoms with E-state index in [4.69, 9.17) is 25.5 Å². The molecule has 0 bridgehead atoms. The number of carbonyl (C=O) groups is 1. The van der Waals surface area contributed by atoms with Gasteiger partial charge >= 0.3 is 6.09 Å². The first kappa shape index (κ1) is 25.2. The Kier molecular flexibility index (Phi) is 6.60. The summed E-state index contributed by atoms with van der Waals surface area (Å²) in [6.07, 6.45) is 8.49. The van der Waals surface area contributed by atoms with Gasteiger partial charge in [0.2, 0.25) is 0 Å². The lowest BCUT2D eigenvalue weighted by Gasteiger charge is -2.35. The van der Waals surface area contributed by atoms with Crippen LogP contribution in [0.4, 0.5) is 4.79 Å². The maximum Gasteiger partial charge on any atom is 0.410 e. The molecule has 3 heterocycles. The average molecular weight is 518 g/mol. The van der Waals surface area contributed by atoms with Crippen molar-refractivity contribution in [1.29, 1.82) is 0 Å². The van der Waals surface area contributed by atoms with Gasteiger partial charge in [0, 0.05) is 50.4 Å². The summed E-state index contributed by atoms with van der Waals surface area (Å²) < 4.78 is 7.69. The molecule has 2 aliphatic carbocycles. The molecule has 1 aliphatic heterocycles. The number of fused-ring (bicyclic) bond motifs is 1. The molecule has 3 aromatic rings. The molecule has 0 radical (unpaired) electrons. The van der Waals surface area contributed by atoms with E-state index >= 15 is 0 Å². The molecule has 0 unspecified atom stereocenters. The van der Waals surface area contributed by atoms with Crippen LogP contribution in [0.3, 0.4) is 0 Å². The molecule has 2 aromatic heterocycles. The summed E-state index contributed by atoms with van der Waals surface area (Å²) >= 11 is 0. The maximum absolute atomic E-state index is 12.4. The van der Waals surface area contributed by atoms with Crippen molar-refractivity contribution in [2.45, 2.75) is 70.6 Å². The monoisotopic (exact) mass is 517 g/mol. The number of hydrogen-bond donors (Lipinski definition) is 1. The number of piperazine rings is 1. The van der Waals surface area contributed by atoms with Crippen LogP contribution in [0.1, 0.15) is 69.7 Å². The molecule has 3 fully saturated rings. The second-order valence-electron chi connectivity index (χ2n) is 12.2. The zero-order valence-corrected chi connectivity index (χ0v) is 22.8. The first-order valence-electron chi connectivity index (χ1n) is 14.0. The molecule has 1 aromatic carbocycles. The largest absolute Gasteiger partial charge is 0.444 e. The van der Waals surface area contributed by atoms with Gasteiger partial charge < -0.3 is 15.4 Å². The first-order chi connectivity index (χ1) is 18.3. The zero-order chi connectivity index (χ0) is 26.4. The molecule has 9 heteroatoms. The number of carbonyl (C=O) groups excluding carboxylic acids is 1. The molecule has 2 saturated carbocycles. The van der Waals surface area contributed by atoms with Gasteiger partial charge in [0.15, 0.2) is 0 Å². The fraction of sp³-hybridized carbons (Fsp3) is 0.586. The summed E-state index contributed by atoms with van der Waals surface area (Å²) in [5.41, 5.74) is 11.6. The molecule has 1 amide bonds. The second-order valence-corrected chi connectivity index (χ2v) is 12.2. The molecule has 3 aliphatic rings. The van der Waals surface area contributed by atoms with Gasteiger partial charge in [-0.1, -0.05) is 6.07 Å². The molecule has 0 atom stereocenters. The van der Waals surface area contributed by atoms with E-state index in [9.17, 15) is 4.79 Å². The molecule has 38 heavy (non-hydrogen) atoms. The van der Waals surface area contributed by atoms with Crippen LogP contribution in [-0.4, -0.2) is 74.0 Å². The van der Waals surface area contributed by atoms with Gasteiger partial charge in [0.05, 0.1) is 34.7 Å². The standard InChI is InChI=1S/C29H39N7O2/c1-29(2,3)38-28(37)35-10-8-34(9-11-35)17-19-4-7-24-25(14-19)32-26(16-31-24)23-18-36(22-12-20(13-22)15-30)33-27(23)21-5-6-21/h4,7,14,16,18,20-22H,5-6,8-13,15,17,30H2,1-3H3. The predicted molar refractivity (Wildman–Crippen MR) is 147 cm³/mol. The fourth-order valence-corrected chi connectivity index (χ4v) is 5.52. The number of nitrogens with zero attached hydrogens (tertiary/aromatic N) is 6. The van der Waals surface area contributed by atoms with E-state index in [-0.39, 0.29) is 6.09 Å². The second kappa shape index (κ2) is 9.93. The summed E-state index contributed by atoms with van der Waals surface area (Å²) in [6.45, 7) is 10.3. The van der Waals surface area contributed by atoms with Crippen LogP contribution >= 0.6 is 0 Å². The minimum absolute atomic E-state index is 0.226. The Bertz CT molecular complexity index is 1310. The van der Waals surface area contributed by atoms with Crippen molar-refractivity contribution in [3.63, 3.8) is 0 Å². The minimum Gasteiger partial charge on any atom is -0.444 e. The third-order valence-corrected chi connectivity index (χ3v) is 7.96. The molecule has 0 spiro atoms. The fourth-order valence-electron chi connectivity index (χ4n) is 5.52. The van der Waals surface area contributed by atoms with Gasteiger partial charge in [0.25, 0.3) is 0 Å². The van der Waals surface area contributed by atoms with Crippen LogP contribution in [0.5, 0.6) is 0 Å². The molecule has 6 rings (SSSR count). The Morgan fingerprint density at radius 2 is 1.87 bits per heavy atom. The van der Waals surface area contributed by atoms with Crippen molar-refractivity contribution in [3.8, 4) is 11.3 Å². The van der Waals surface area contributed by atoms with Crippen LogP contribution in [0.2, 0.25) is 0 Å². The first-order valence-corrected chi connectivity index (χ1v) is 14.0. The number of ether oxygens (including phenoxy) is 1. The van der Waals surface area contributed by atoms with Crippen molar-refractivity contribution < 1.29 is 9.53 Å². The van der Waals surface area contributed by atoms with Crippen LogP contribution in [-0.2, 0) is 11.3 Å². The Morgan fingerprint density at radius 1 is 1.11 bits per heavy atom. The van der Waals surface area contributed by atoms with Gasteiger partial charge in [-0.25, -0.2) is 9.78 Å². The number of benzene rings is 1. The molecule has 2 N–H and O–H groups in total. The van der Waals surface area contributed by atoms with Gasteiger partial charge in [0.1, 0.15) is 5.60 Å². The van der Waals surface area contributed by atoms with Gasteiger partial charge in [-0.2, -0.15) is 5.10 Å². The normalized spacial score (nSPS) is 22.5. The van der Waals surface area contributed by atoms with Crippen molar-refractivity contribution >= 4 is 17.1 Å². The lowest BCUT2D eigenvalue weighted by molar-refractivity contribution is 0.0139. The zero-order valence-electron chi connectivity index (χ0n) is 22.8. The van der Waals surface area contributed by atoms with Crippen molar-refractivity contribution in [2.75, 3.05) is 32.7 Å². The number of amides is 1. The molecular weight excluding hydrogens is 478 g/mol. The lowest BCUT2D eigenvalue weighted by atomic mass is 9.80. The maximum atomic E-state index is 12.4. The number of hydrogen-bond acceptors (Lipinski definition) is 7. The summed E-state index contributed by atoms with van der Waals surface area (Å²) in [6, 6.07) is 6.80. The Balaban J connectivity index is 1.16. The smallest absolute Gasteiger partial charge is 0.410 e. The minimum atomic E-state index is -0.470. The van der Waals surface area contributed by atoms with E-state index in [1.807, 2.05) is 27.0 Å². The van der Waals surface area contributed by atoms with E-state index in [2.05, 4.69) is 34.0 Å². The van der Waals surface area contributed by atoms with Crippen molar-refractivity contribution in [2.24, 2.45) is 11.7 Å². The Hall–Kier alpha value is -3.04. The molecular formula is C29H39N7O2. The number of rotatable bonds is 6. The van der Waals surface area contributed by atoms with Crippen LogP contribution < -0.4 is 5.73 Å². The van der Waals surface area contributed by atoms with E-state index < -0.39 is 5.60 Å². The van der Waals surface area contributed by atoms with Crippen molar-refractivity contribution in [1.82, 2.24) is 29.5 Å². The summed E-state index contributed by atoms with van der Waals surface area (Å²) in [7, 11) is 0. The van der Waals surface area contributed by atoms with E-state index in [0.29, 0.717) is 31.0 Å². The predicted octanol–water partition coefficient (Wildman–Crippen LogP) is 4.33. The molecule has 1 saturated heterocycles. The number of nitrogens with two attached hydrogens (primary N) is 1. The highest BCUT2D eigenvalue weighted by Crippen LogP contribution is 2.45. The lowest BCUT2D eigenvalue weighted by Crippen LogP contribution is -2.49. The summed E-state index contributed by atoms with van der Waals surface area (Å²) in [5.74, 6) is 1.16. The Morgan fingerprint density at radius 3 is 2.55 bits per heavy atom. The average Bonchev–Trinajstić information content (AvgIpc) is 3.61. The number of aromatic nitrogens is 4. The topological polar surface area (TPSA) is 102 Å². The highest BCUT2D eigenvalue weighted by molar-refractivity contribution is 5.78.